The maximum Gasteiger partial charge on any atom is 0.194 e. The molecule has 1 fully saturated rings. The van der Waals surface area contributed by atoms with Crippen molar-refractivity contribution in [2.75, 3.05) is 46.4 Å². The normalized spacial score (nSPS) is 17.6. The third-order valence-corrected chi connectivity index (χ3v) is 5.32. The topological polar surface area (TPSA) is 45.0 Å². The number of nitrogens with one attached hydrogen (secondary N) is 1. The van der Waals surface area contributed by atoms with Gasteiger partial charge < -0.3 is 19.5 Å². The number of hydrogen-bond acceptors (Lipinski definition) is 3. The molecule has 1 aromatic heterocycles. The summed E-state index contributed by atoms with van der Waals surface area (Å²) < 4.78 is 8.76. The van der Waals surface area contributed by atoms with E-state index in [4.69, 9.17) is 9.73 Å². The second kappa shape index (κ2) is 10.3. The van der Waals surface area contributed by atoms with Gasteiger partial charge in [0.1, 0.15) is 0 Å². The zero-order valence-corrected chi connectivity index (χ0v) is 18.4. The third-order valence-electron chi connectivity index (χ3n) is 4.88. The van der Waals surface area contributed by atoms with Gasteiger partial charge in [-0.15, -0.1) is 0 Å². The number of nitrogens with zero attached hydrogens (tertiary/aromatic N) is 4. The fourth-order valence-corrected chi connectivity index (χ4v) is 3.92. The Morgan fingerprint density at radius 3 is 2.62 bits per heavy atom. The number of morpholine rings is 1. The first-order chi connectivity index (χ1) is 12.4. The lowest BCUT2D eigenvalue weighted by molar-refractivity contribution is 0.00863. The molecule has 6 nitrogen and oxygen atoms in total. The molecule has 1 atom stereocenters. The van der Waals surface area contributed by atoms with E-state index in [0.29, 0.717) is 12.0 Å². The number of aliphatic imine (C=N–C) groups is 1. The molecule has 7 heteroatoms. The van der Waals surface area contributed by atoms with Crippen LogP contribution in [0, 0.1) is 5.92 Å². The molecule has 26 heavy (non-hydrogen) atoms. The van der Waals surface area contributed by atoms with E-state index in [0.717, 1.165) is 56.4 Å². The molecule has 0 aromatic carbocycles. The van der Waals surface area contributed by atoms with Crippen molar-refractivity contribution >= 4 is 21.9 Å². The van der Waals surface area contributed by atoms with Crippen molar-refractivity contribution in [3.8, 4) is 0 Å². The lowest BCUT2D eigenvalue weighted by Crippen LogP contribution is -2.48. The Labute approximate surface area is 166 Å². The van der Waals surface area contributed by atoms with Gasteiger partial charge in [0.2, 0.25) is 0 Å². The van der Waals surface area contributed by atoms with E-state index in [1.807, 2.05) is 0 Å². The molecular formula is C19H34BrN5O. The van der Waals surface area contributed by atoms with E-state index in [1.54, 1.807) is 0 Å². The van der Waals surface area contributed by atoms with Crippen LogP contribution in [-0.2, 0) is 18.3 Å². The fraction of sp³-hybridized carbons (Fsp3) is 0.737. The predicted octanol–water partition coefficient (Wildman–Crippen LogP) is 2.54. The molecule has 0 saturated carbocycles. The number of guanidine groups is 1. The number of rotatable bonds is 7. The standard InChI is InChI=1S/C19H34BrN5O/c1-6-21-19(24(5)14-17-11-16(20)13-23(17)4)22-12-18(15(2)3)25-7-9-26-10-8-25/h11,13,15,18H,6-10,12,14H2,1-5H3,(H,21,22). The zero-order valence-electron chi connectivity index (χ0n) is 16.8. The van der Waals surface area contributed by atoms with Crippen molar-refractivity contribution in [1.29, 1.82) is 0 Å². The molecule has 1 unspecified atom stereocenters. The van der Waals surface area contributed by atoms with Crippen LogP contribution in [0.25, 0.3) is 0 Å². The molecule has 1 aliphatic heterocycles. The van der Waals surface area contributed by atoms with Crippen molar-refractivity contribution in [3.63, 3.8) is 0 Å². The minimum Gasteiger partial charge on any atom is -0.379 e. The largest absolute Gasteiger partial charge is 0.379 e. The van der Waals surface area contributed by atoms with Crippen molar-refractivity contribution in [1.82, 2.24) is 19.7 Å². The predicted molar refractivity (Wildman–Crippen MR) is 112 cm³/mol. The van der Waals surface area contributed by atoms with Gasteiger partial charge in [0.15, 0.2) is 5.96 Å². The van der Waals surface area contributed by atoms with Crippen LogP contribution in [0.3, 0.4) is 0 Å². The third kappa shape index (κ3) is 5.99. The maximum atomic E-state index is 5.51. The van der Waals surface area contributed by atoms with Gasteiger partial charge in [0.25, 0.3) is 0 Å². The molecule has 0 amide bonds. The van der Waals surface area contributed by atoms with E-state index < -0.39 is 0 Å². The molecule has 2 heterocycles. The highest BCUT2D eigenvalue weighted by Gasteiger charge is 2.24. The van der Waals surface area contributed by atoms with Gasteiger partial charge in [-0.1, -0.05) is 13.8 Å². The average molecular weight is 428 g/mol. The molecule has 2 rings (SSSR count). The fourth-order valence-electron chi connectivity index (χ4n) is 3.35. The molecule has 0 spiro atoms. The Hall–Kier alpha value is -1.05. The first-order valence-electron chi connectivity index (χ1n) is 9.54. The lowest BCUT2D eigenvalue weighted by Gasteiger charge is -2.36. The van der Waals surface area contributed by atoms with E-state index in [1.165, 1.54) is 5.69 Å². The Bertz CT molecular complexity index is 580. The highest BCUT2D eigenvalue weighted by atomic mass is 79.9. The van der Waals surface area contributed by atoms with Crippen molar-refractivity contribution in [2.45, 2.75) is 33.4 Å². The van der Waals surface area contributed by atoms with Gasteiger partial charge in [-0.25, -0.2) is 0 Å². The summed E-state index contributed by atoms with van der Waals surface area (Å²) in [4.78, 5) is 9.69. The van der Waals surface area contributed by atoms with Gasteiger partial charge in [-0.2, -0.15) is 0 Å². The zero-order chi connectivity index (χ0) is 19.1. The van der Waals surface area contributed by atoms with Gasteiger partial charge in [0, 0.05) is 56.1 Å². The van der Waals surface area contributed by atoms with Crippen LogP contribution in [0.4, 0.5) is 0 Å². The molecule has 1 saturated heterocycles. The molecule has 0 aliphatic carbocycles. The van der Waals surface area contributed by atoms with Crippen LogP contribution in [-0.4, -0.2) is 72.8 Å². The quantitative estimate of drug-likeness (QED) is 0.536. The monoisotopic (exact) mass is 427 g/mol. The summed E-state index contributed by atoms with van der Waals surface area (Å²) in [6, 6.07) is 2.61. The number of hydrogen-bond donors (Lipinski definition) is 1. The van der Waals surface area contributed by atoms with E-state index in [2.05, 4.69) is 82.7 Å². The highest BCUT2D eigenvalue weighted by Crippen LogP contribution is 2.16. The Kier molecular flexibility index (Phi) is 8.44. The van der Waals surface area contributed by atoms with E-state index in [-0.39, 0.29) is 0 Å². The average Bonchev–Trinajstić information content (AvgIpc) is 2.92. The molecule has 148 valence electrons. The number of aryl methyl sites for hydroxylation is 1. The molecule has 1 aromatic rings. The van der Waals surface area contributed by atoms with Crippen LogP contribution in [0.15, 0.2) is 21.7 Å². The summed E-state index contributed by atoms with van der Waals surface area (Å²) in [7, 11) is 4.17. The van der Waals surface area contributed by atoms with Crippen molar-refractivity contribution < 1.29 is 4.74 Å². The van der Waals surface area contributed by atoms with Crippen LogP contribution in [0.5, 0.6) is 0 Å². The van der Waals surface area contributed by atoms with Gasteiger partial charge in [-0.05, 0) is 34.8 Å². The van der Waals surface area contributed by atoms with Gasteiger partial charge in [-0.3, -0.25) is 9.89 Å². The lowest BCUT2D eigenvalue weighted by atomic mass is 10.0. The molecule has 1 N–H and O–H groups in total. The summed E-state index contributed by atoms with van der Waals surface area (Å²) in [5.41, 5.74) is 1.25. The van der Waals surface area contributed by atoms with Crippen molar-refractivity contribution in [2.24, 2.45) is 18.0 Å². The molecule has 1 aliphatic rings. The summed E-state index contributed by atoms with van der Waals surface area (Å²) in [6.45, 7) is 12.8. The van der Waals surface area contributed by atoms with Crippen molar-refractivity contribution in [3.05, 3.63) is 22.4 Å². The Morgan fingerprint density at radius 1 is 1.38 bits per heavy atom. The van der Waals surface area contributed by atoms with Crippen LogP contribution >= 0.6 is 15.9 Å². The summed E-state index contributed by atoms with van der Waals surface area (Å²) >= 11 is 3.55. The molecular weight excluding hydrogens is 394 g/mol. The SMILES string of the molecule is CCNC(=NCC(C(C)C)N1CCOCC1)N(C)Cc1cc(Br)cn1C. The first kappa shape index (κ1) is 21.3. The minimum absolute atomic E-state index is 0.449. The number of aromatic nitrogens is 1. The van der Waals surface area contributed by atoms with E-state index >= 15 is 0 Å². The smallest absolute Gasteiger partial charge is 0.194 e. The van der Waals surface area contributed by atoms with Crippen LogP contribution in [0.1, 0.15) is 26.5 Å². The Morgan fingerprint density at radius 2 is 2.08 bits per heavy atom. The van der Waals surface area contributed by atoms with Crippen LogP contribution < -0.4 is 5.32 Å². The molecule has 0 radical (unpaired) electrons. The second-order valence-corrected chi connectivity index (χ2v) is 8.19. The number of ether oxygens (including phenoxy) is 1. The summed E-state index contributed by atoms with van der Waals surface area (Å²) in [6.07, 6.45) is 2.08. The minimum atomic E-state index is 0.449. The maximum absolute atomic E-state index is 5.51. The summed E-state index contributed by atoms with van der Waals surface area (Å²) in [5.74, 6) is 1.53. The summed E-state index contributed by atoms with van der Waals surface area (Å²) in [5, 5.41) is 3.44. The first-order valence-corrected chi connectivity index (χ1v) is 10.3. The molecule has 0 bridgehead atoms. The second-order valence-electron chi connectivity index (χ2n) is 7.27. The van der Waals surface area contributed by atoms with Gasteiger partial charge >= 0.3 is 0 Å². The van der Waals surface area contributed by atoms with Gasteiger partial charge in [0.05, 0.1) is 26.3 Å². The Balaban J connectivity index is 2.06. The van der Waals surface area contributed by atoms with Crippen LogP contribution in [0.2, 0.25) is 0 Å². The number of halogens is 1. The van der Waals surface area contributed by atoms with E-state index in [9.17, 15) is 0 Å². The highest BCUT2D eigenvalue weighted by molar-refractivity contribution is 9.10.